The van der Waals surface area contributed by atoms with Gasteiger partial charge in [0.25, 0.3) is 5.91 Å². The molecule has 0 fully saturated rings. The normalized spacial score (nSPS) is 16.2. The highest BCUT2D eigenvalue weighted by Crippen LogP contribution is 2.26. The molecule has 1 amide bonds. The molecule has 0 saturated heterocycles. The fourth-order valence-corrected chi connectivity index (χ4v) is 5.71. The van der Waals surface area contributed by atoms with Crippen LogP contribution in [-0.4, -0.2) is 30.4 Å². The number of sulfonamides is 1. The summed E-state index contributed by atoms with van der Waals surface area (Å²) in [5.74, 6) is -0.467. The molecule has 0 aromatic heterocycles. The van der Waals surface area contributed by atoms with Crippen LogP contribution in [0.25, 0.3) is 0 Å². The number of carbonyl (C=O) groups excluding carboxylic acids is 1. The topological polar surface area (TPSA) is 75.7 Å². The van der Waals surface area contributed by atoms with Crippen LogP contribution in [0, 0.1) is 0 Å². The first kappa shape index (κ1) is 23.2. The van der Waals surface area contributed by atoms with Crippen molar-refractivity contribution in [3.8, 4) is 0 Å². The van der Waals surface area contributed by atoms with Crippen molar-refractivity contribution in [2.24, 2.45) is 0 Å². The number of rotatable bonds is 9. The summed E-state index contributed by atoms with van der Waals surface area (Å²) in [5.41, 5.74) is 6.39. The highest BCUT2D eigenvalue weighted by Gasteiger charge is 2.38. The van der Waals surface area contributed by atoms with Gasteiger partial charge in [-0.05, 0) is 41.5 Å². The fraction of sp³-hybridized carbons (Fsp3) is 0.269. The minimum atomic E-state index is -3.65. The average molecular weight is 465 g/mol. The predicted octanol–water partition coefficient (Wildman–Crippen LogP) is 3.62. The predicted molar refractivity (Wildman–Crippen MR) is 127 cm³/mol. The van der Waals surface area contributed by atoms with Crippen LogP contribution < -0.4 is 5.48 Å². The summed E-state index contributed by atoms with van der Waals surface area (Å²) in [6.45, 7) is 0.389. The van der Waals surface area contributed by atoms with Crippen LogP contribution in [0.1, 0.15) is 28.7 Å². The maximum absolute atomic E-state index is 13.3. The van der Waals surface area contributed by atoms with Crippen molar-refractivity contribution in [2.45, 2.75) is 38.5 Å². The molecule has 0 bridgehead atoms. The molecule has 0 aliphatic carbocycles. The van der Waals surface area contributed by atoms with Gasteiger partial charge in [0.2, 0.25) is 10.0 Å². The highest BCUT2D eigenvalue weighted by molar-refractivity contribution is 7.89. The largest absolute Gasteiger partial charge is 0.271 e. The molecule has 0 saturated carbocycles. The van der Waals surface area contributed by atoms with Crippen molar-refractivity contribution in [1.29, 1.82) is 0 Å². The SMILES string of the molecule is O=C(NOCc1ccccc1)[C@H]1Cc2ccccc2CN1S(=O)(=O)CCCc1ccccc1. The Morgan fingerprint density at radius 2 is 1.48 bits per heavy atom. The van der Waals surface area contributed by atoms with Crippen molar-refractivity contribution in [3.63, 3.8) is 0 Å². The number of nitrogens with one attached hydrogen (secondary N) is 1. The van der Waals surface area contributed by atoms with Crippen molar-refractivity contribution in [2.75, 3.05) is 5.75 Å². The molecule has 172 valence electrons. The second-order valence-corrected chi connectivity index (χ2v) is 10.2. The van der Waals surface area contributed by atoms with Crippen LogP contribution >= 0.6 is 0 Å². The molecule has 6 nitrogen and oxygen atoms in total. The van der Waals surface area contributed by atoms with Gasteiger partial charge < -0.3 is 0 Å². The molecule has 1 atom stereocenters. The van der Waals surface area contributed by atoms with E-state index in [1.54, 1.807) is 0 Å². The zero-order valence-electron chi connectivity index (χ0n) is 18.4. The number of fused-ring (bicyclic) bond motifs is 1. The summed E-state index contributed by atoms with van der Waals surface area (Å²) in [6.07, 6.45) is 1.47. The first-order valence-corrected chi connectivity index (χ1v) is 12.7. The Morgan fingerprint density at radius 1 is 0.879 bits per heavy atom. The summed E-state index contributed by atoms with van der Waals surface area (Å²) >= 11 is 0. The lowest BCUT2D eigenvalue weighted by atomic mass is 9.95. The third-order valence-electron chi connectivity index (χ3n) is 5.83. The number of benzene rings is 3. The van der Waals surface area contributed by atoms with Gasteiger partial charge in [-0.3, -0.25) is 9.63 Å². The van der Waals surface area contributed by atoms with Gasteiger partial charge >= 0.3 is 0 Å². The van der Waals surface area contributed by atoms with E-state index in [1.165, 1.54) is 4.31 Å². The summed E-state index contributed by atoms with van der Waals surface area (Å²) < 4.78 is 27.9. The Morgan fingerprint density at radius 3 is 2.18 bits per heavy atom. The standard InChI is InChI=1S/C26H28N2O4S/c29-26(27-32-20-22-12-5-2-6-13-22)25-18-23-15-7-8-16-24(23)19-28(25)33(30,31)17-9-14-21-10-3-1-4-11-21/h1-8,10-13,15-16,25H,9,14,17-20H2,(H,27,29)/t25-/m1/s1. The summed E-state index contributed by atoms with van der Waals surface area (Å²) in [4.78, 5) is 18.4. The number of aryl methyl sites for hydroxylation is 1. The minimum Gasteiger partial charge on any atom is -0.271 e. The van der Waals surface area contributed by atoms with Crippen LogP contribution in [0.15, 0.2) is 84.9 Å². The highest BCUT2D eigenvalue weighted by atomic mass is 32.2. The second-order valence-electron chi connectivity index (χ2n) is 8.18. The molecular weight excluding hydrogens is 436 g/mol. The Kier molecular flexibility index (Phi) is 7.54. The second kappa shape index (κ2) is 10.7. The number of amides is 1. The molecule has 0 unspecified atom stereocenters. The first-order valence-electron chi connectivity index (χ1n) is 11.1. The van der Waals surface area contributed by atoms with E-state index in [9.17, 15) is 13.2 Å². The van der Waals surface area contributed by atoms with Gasteiger partial charge in [-0.1, -0.05) is 84.9 Å². The first-order chi connectivity index (χ1) is 16.0. The van der Waals surface area contributed by atoms with Crippen LogP contribution in [-0.2, 0) is 45.6 Å². The van der Waals surface area contributed by atoms with Crippen molar-refractivity contribution in [3.05, 3.63) is 107 Å². The summed E-state index contributed by atoms with van der Waals surface area (Å²) in [6, 6.07) is 26.1. The molecule has 3 aromatic carbocycles. The number of hydrogen-bond acceptors (Lipinski definition) is 4. The van der Waals surface area contributed by atoms with Crippen LogP contribution in [0.2, 0.25) is 0 Å². The molecule has 1 aliphatic rings. The Balaban J connectivity index is 1.44. The molecule has 1 aliphatic heterocycles. The lowest BCUT2D eigenvalue weighted by Gasteiger charge is -2.34. The smallest absolute Gasteiger partial charge is 0.262 e. The minimum absolute atomic E-state index is 0.0152. The molecule has 7 heteroatoms. The van der Waals surface area contributed by atoms with E-state index in [0.717, 1.165) is 22.3 Å². The maximum Gasteiger partial charge on any atom is 0.262 e. The summed E-state index contributed by atoms with van der Waals surface area (Å²) in [5, 5.41) is 0. The van der Waals surface area contributed by atoms with E-state index in [0.29, 0.717) is 19.3 Å². The Bertz CT molecular complexity index is 1170. The zero-order valence-corrected chi connectivity index (χ0v) is 19.2. The van der Waals surface area contributed by atoms with Crippen LogP contribution in [0.4, 0.5) is 0 Å². The van der Waals surface area contributed by atoms with Gasteiger partial charge in [0.15, 0.2) is 0 Å². The van der Waals surface area contributed by atoms with E-state index in [-0.39, 0.29) is 18.9 Å². The third-order valence-corrected chi connectivity index (χ3v) is 7.73. The van der Waals surface area contributed by atoms with Gasteiger partial charge in [0, 0.05) is 6.54 Å². The van der Waals surface area contributed by atoms with Gasteiger partial charge in [0.05, 0.1) is 12.4 Å². The van der Waals surface area contributed by atoms with Crippen molar-refractivity contribution < 1.29 is 18.0 Å². The lowest BCUT2D eigenvalue weighted by molar-refractivity contribution is -0.139. The lowest BCUT2D eigenvalue weighted by Crippen LogP contribution is -2.53. The quantitative estimate of drug-likeness (QED) is 0.491. The van der Waals surface area contributed by atoms with E-state index in [1.807, 2.05) is 84.9 Å². The van der Waals surface area contributed by atoms with Crippen molar-refractivity contribution in [1.82, 2.24) is 9.79 Å². The zero-order chi connectivity index (χ0) is 23.1. The average Bonchev–Trinajstić information content (AvgIpc) is 2.84. The van der Waals surface area contributed by atoms with E-state index in [4.69, 9.17) is 4.84 Å². The van der Waals surface area contributed by atoms with Gasteiger partial charge in [-0.2, -0.15) is 4.31 Å². The molecule has 1 heterocycles. The monoisotopic (exact) mass is 464 g/mol. The molecule has 1 N–H and O–H groups in total. The number of hydrogen-bond donors (Lipinski definition) is 1. The number of carbonyl (C=O) groups is 1. The van der Waals surface area contributed by atoms with Gasteiger partial charge in [-0.15, -0.1) is 0 Å². The van der Waals surface area contributed by atoms with Crippen LogP contribution in [0.3, 0.4) is 0 Å². The summed E-state index contributed by atoms with van der Waals surface area (Å²) in [7, 11) is -3.65. The van der Waals surface area contributed by atoms with E-state index >= 15 is 0 Å². The maximum atomic E-state index is 13.3. The van der Waals surface area contributed by atoms with E-state index in [2.05, 4.69) is 5.48 Å². The molecule has 3 aromatic rings. The molecular formula is C26H28N2O4S. The molecule has 33 heavy (non-hydrogen) atoms. The van der Waals surface area contributed by atoms with Gasteiger partial charge in [0.1, 0.15) is 6.04 Å². The molecule has 4 rings (SSSR count). The Labute approximate surface area is 195 Å². The number of hydroxylamine groups is 1. The van der Waals surface area contributed by atoms with Gasteiger partial charge in [-0.25, -0.2) is 13.9 Å². The third kappa shape index (κ3) is 6.07. The Hall–Kier alpha value is -3.00. The van der Waals surface area contributed by atoms with Crippen LogP contribution in [0.5, 0.6) is 0 Å². The molecule has 0 spiro atoms. The number of nitrogens with zero attached hydrogens (tertiary/aromatic N) is 1. The molecule has 0 radical (unpaired) electrons. The van der Waals surface area contributed by atoms with E-state index < -0.39 is 22.0 Å². The fourth-order valence-electron chi connectivity index (χ4n) is 4.07. The van der Waals surface area contributed by atoms with Crippen molar-refractivity contribution >= 4 is 15.9 Å².